The Morgan fingerprint density at radius 2 is 1.43 bits per heavy atom. The lowest BCUT2D eigenvalue weighted by Gasteiger charge is -2.06. The molecule has 2 aromatic carbocycles. The SMILES string of the molecule is C=Cc1ccc(C(=O)Oc2ccc(OC(C)=O)cc2)cc1. The van der Waals surface area contributed by atoms with Crippen LogP contribution in [-0.2, 0) is 4.79 Å². The highest BCUT2D eigenvalue weighted by molar-refractivity contribution is 5.91. The topological polar surface area (TPSA) is 52.6 Å². The van der Waals surface area contributed by atoms with Crippen LogP contribution in [0.4, 0.5) is 0 Å². The molecular formula is C17H14O4. The lowest BCUT2D eigenvalue weighted by Crippen LogP contribution is -2.08. The van der Waals surface area contributed by atoms with Crippen molar-refractivity contribution in [3.8, 4) is 11.5 Å². The molecule has 0 aromatic heterocycles. The molecule has 106 valence electrons. The third kappa shape index (κ3) is 4.04. The minimum Gasteiger partial charge on any atom is -0.427 e. The Hall–Kier alpha value is -2.88. The molecular weight excluding hydrogens is 268 g/mol. The molecule has 0 atom stereocenters. The molecule has 0 fully saturated rings. The summed E-state index contributed by atoms with van der Waals surface area (Å²) in [5.41, 5.74) is 1.38. The smallest absolute Gasteiger partial charge is 0.343 e. The first-order chi connectivity index (χ1) is 10.1. The van der Waals surface area contributed by atoms with Crippen LogP contribution >= 0.6 is 0 Å². The maximum atomic E-state index is 11.9. The normalized spacial score (nSPS) is 9.76. The average molecular weight is 282 g/mol. The summed E-state index contributed by atoms with van der Waals surface area (Å²) in [6.07, 6.45) is 1.70. The number of esters is 2. The molecule has 2 rings (SSSR count). The lowest BCUT2D eigenvalue weighted by atomic mass is 10.1. The quantitative estimate of drug-likeness (QED) is 0.636. The van der Waals surface area contributed by atoms with Gasteiger partial charge in [-0.15, -0.1) is 0 Å². The Kier molecular flexibility index (Phi) is 4.51. The minimum absolute atomic E-state index is 0.378. The number of carbonyl (C=O) groups is 2. The van der Waals surface area contributed by atoms with Crippen LogP contribution in [0.2, 0.25) is 0 Å². The Bertz CT molecular complexity index is 654. The Morgan fingerprint density at radius 1 is 0.905 bits per heavy atom. The number of hydrogen-bond acceptors (Lipinski definition) is 4. The standard InChI is InChI=1S/C17H14O4/c1-3-13-4-6-14(7-5-13)17(19)21-16-10-8-15(9-11-16)20-12(2)18/h3-11H,1H2,2H3. The number of benzene rings is 2. The monoisotopic (exact) mass is 282 g/mol. The van der Waals surface area contributed by atoms with Crippen LogP contribution in [-0.4, -0.2) is 11.9 Å². The second kappa shape index (κ2) is 6.52. The second-order valence-electron chi connectivity index (χ2n) is 4.28. The van der Waals surface area contributed by atoms with E-state index in [9.17, 15) is 9.59 Å². The van der Waals surface area contributed by atoms with Crippen LogP contribution in [0.1, 0.15) is 22.8 Å². The molecule has 0 unspecified atom stereocenters. The lowest BCUT2D eigenvalue weighted by molar-refractivity contribution is -0.131. The summed E-state index contributed by atoms with van der Waals surface area (Å²) in [6.45, 7) is 4.97. The summed E-state index contributed by atoms with van der Waals surface area (Å²) < 4.78 is 10.1. The zero-order valence-electron chi connectivity index (χ0n) is 11.5. The van der Waals surface area contributed by atoms with E-state index in [0.717, 1.165) is 5.56 Å². The van der Waals surface area contributed by atoms with Crippen molar-refractivity contribution in [2.45, 2.75) is 6.92 Å². The average Bonchev–Trinajstić information content (AvgIpc) is 2.49. The van der Waals surface area contributed by atoms with Gasteiger partial charge in [0.15, 0.2) is 0 Å². The summed E-state index contributed by atoms with van der Waals surface area (Å²) in [4.78, 5) is 22.7. The van der Waals surface area contributed by atoms with Gasteiger partial charge in [0.2, 0.25) is 0 Å². The second-order valence-corrected chi connectivity index (χ2v) is 4.28. The minimum atomic E-state index is -0.453. The first kappa shape index (κ1) is 14.5. The zero-order valence-corrected chi connectivity index (χ0v) is 11.5. The van der Waals surface area contributed by atoms with Crippen molar-refractivity contribution in [3.05, 3.63) is 66.2 Å². The fourth-order valence-corrected chi connectivity index (χ4v) is 1.66. The van der Waals surface area contributed by atoms with Gasteiger partial charge in [-0.1, -0.05) is 24.8 Å². The number of hydrogen-bond donors (Lipinski definition) is 0. The molecule has 2 aromatic rings. The van der Waals surface area contributed by atoms with E-state index in [1.165, 1.54) is 6.92 Å². The molecule has 4 heteroatoms. The first-order valence-corrected chi connectivity index (χ1v) is 6.31. The number of ether oxygens (including phenoxy) is 2. The first-order valence-electron chi connectivity index (χ1n) is 6.31. The van der Waals surface area contributed by atoms with Crippen molar-refractivity contribution in [3.63, 3.8) is 0 Å². The van der Waals surface area contributed by atoms with Gasteiger partial charge in [0.25, 0.3) is 0 Å². The van der Waals surface area contributed by atoms with E-state index >= 15 is 0 Å². The van der Waals surface area contributed by atoms with Crippen molar-refractivity contribution in [2.75, 3.05) is 0 Å². The molecule has 0 aliphatic carbocycles. The van der Waals surface area contributed by atoms with Crippen LogP contribution in [0, 0.1) is 0 Å². The van der Waals surface area contributed by atoms with E-state index in [1.54, 1.807) is 54.6 Å². The highest BCUT2D eigenvalue weighted by Gasteiger charge is 2.08. The van der Waals surface area contributed by atoms with E-state index in [4.69, 9.17) is 9.47 Å². The molecule has 0 bridgehead atoms. The molecule has 0 heterocycles. The molecule has 0 aliphatic rings. The van der Waals surface area contributed by atoms with Crippen molar-refractivity contribution in [2.24, 2.45) is 0 Å². The molecule has 0 radical (unpaired) electrons. The number of rotatable bonds is 4. The van der Waals surface area contributed by atoms with Gasteiger partial charge in [-0.2, -0.15) is 0 Å². The Balaban J connectivity index is 2.04. The maximum absolute atomic E-state index is 11.9. The Labute approximate surface area is 122 Å². The fraction of sp³-hybridized carbons (Fsp3) is 0.0588. The summed E-state index contributed by atoms with van der Waals surface area (Å²) in [5.74, 6) is -0.0748. The van der Waals surface area contributed by atoms with E-state index in [-0.39, 0.29) is 0 Å². The van der Waals surface area contributed by atoms with Gasteiger partial charge in [-0.25, -0.2) is 4.79 Å². The molecule has 0 saturated carbocycles. The summed E-state index contributed by atoms with van der Waals surface area (Å²) >= 11 is 0. The maximum Gasteiger partial charge on any atom is 0.343 e. The van der Waals surface area contributed by atoms with Gasteiger partial charge in [0.05, 0.1) is 5.56 Å². The summed E-state index contributed by atoms with van der Waals surface area (Å²) in [5, 5.41) is 0. The van der Waals surface area contributed by atoms with Gasteiger partial charge in [0, 0.05) is 6.92 Å². The third-order valence-electron chi connectivity index (χ3n) is 2.68. The highest BCUT2D eigenvalue weighted by Crippen LogP contribution is 2.19. The predicted octanol–water partition coefficient (Wildman–Crippen LogP) is 3.47. The van der Waals surface area contributed by atoms with Crippen molar-refractivity contribution >= 4 is 18.0 Å². The van der Waals surface area contributed by atoms with Crippen LogP contribution in [0.5, 0.6) is 11.5 Å². The van der Waals surface area contributed by atoms with Gasteiger partial charge in [-0.05, 0) is 42.0 Å². The third-order valence-corrected chi connectivity index (χ3v) is 2.68. The van der Waals surface area contributed by atoms with E-state index < -0.39 is 11.9 Å². The van der Waals surface area contributed by atoms with Gasteiger partial charge < -0.3 is 9.47 Å². The molecule has 0 N–H and O–H groups in total. The largest absolute Gasteiger partial charge is 0.427 e. The molecule has 0 aliphatic heterocycles. The van der Waals surface area contributed by atoms with Gasteiger partial charge >= 0.3 is 11.9 Å². The van der Waals surface area contributed by atoms with Crippen molar-refractivity contribution in [1.29, 1.82) is 0 Å². The van der Waals surface area contributed by atoms with Crippen molar-refractivity contribution < 1.29 is 19.1 Å². The fourth-order valence-electron chi connectivity index (χ4n) is 1.66. The van der Waals surface area contributed by atoms with Crippen LogP contribution in [0.15, 0.2) is 55.1 Å². The van der Waals surface area contributed by atoms with Crippen LogP contribution < -0.4 is 9.47 Å². The molecule has 0 spiro atoms. The van der Waals surface area contributed by atoms with Gasteiger partial charge in [0.1, 0.15) is 11.5 Å². The molecule has 21 heavy (non-hydrogen) atoms. The highest BCUT2D eigenvalue weighted by atomic mass is 16.5. The summed E-state index contributed by atoms with van der Waals surface area (Å²) in [7, 11) is 0. The van der Waals surface area contributed by atoms with Crippen molar-refractivity contribution in [1.82, 2.24) is 0 Å². The van der Waals surface area contributed by atoms with E-state index in [0.29, 0.717) is 17.1 Å². The Morgan fingerprint density at radius 3 is 1.90 bits per heavy atom. The van der Waals surface area contributed by atoms with Crippen LogP contribution in [0.3, 0.4) is 0 Å². The van der Waals surface area contributed by atoms with E-state index in [2.05, 4.69) is 6.58 Å². The number of carbonyl (C=O) groups excluding carboxylic acids is 2. The van der Waals surface area contributed by atoms with Gasteiger partial charge in [-0.3, -0.25) is 4.79 Å². The van der Waals surface area contributed by atoms with Crippen LogP contribution in [0.25, 0.3) is 6.08 Å². The predicted molar refractivity (Wildman–Crippen MR) is 79.2 cm³/mol. The summed E-state index contributed by atoms with van der Waals surface area (Å²) in [6, 6.07) is 13.2. The zero-order chi connectivity index (χ0) is 15.2. The molecule has 0 amide bonds. The molecule has 0 saturated heterocycles. The molecule has 4 nitrogen and oxygen atoms in total. The van der Waals surface area contributed by atoms with E-state index in [1.807, 2.05) is 0 Å².